The zero-order valence-corrected chi connectivity index (χ0v) is 7.68. The molecule has 17 heteroatoms. The second kappa shape index (κ2) is 26.0. The maximum absolute atomic E-state index is 7.17. The van der Waals surface area contributed by atoms with Crippen molar-refractivity contribution in [3.63, 3.8) is 0 Å². The predicted molar refractivity (Wildman–Crippen MR) is 58.2 cm³/mol. The van der Waals surface area contributed by atoms with E-state index in [1.54, 1.807) is 0 Å². The molecule has 0 radical (unpaired) electrons. The molecule has 0 unspecified atom stereocenters. The van der Waals surface area contributed by atoms with Crippen LogP contribution in [0.5, 0.6) is 0 Å². The molecular formula is H14B4BaO12. The molecule has 0 bridgehead atoms. The van der Waals surface area contributed by atoms with Crippen LogP contribution in [-0.2, 0) is 0 Å². The molecule has 0 aliphatic rings. The Labute approximate surface area is 137 Å². The average Bonchev–Trinajstić information content (AvgIpc) is 1.76. The first-order chi connectivity index (χ1) is 6.93. The van der Waals surface area contributed by atoms with E-state index in [1.165, 1.54) is 0 Å². The van der Waals surface area contributed by atoms with Crippen LogP contribution in [0.1, 0.15) is 0 Å². The molecule has 0 saturated heterocycles. The van der Waals surface area contributed by atoms with E-state index >= 15 is 0 Å². The molecule has 0 atom stereocenters. The van der Waals surface area contributed by atoms with Gasteiger partial charge in [0.05, 0.1) is 0 Å². The zero-order valence-electron chi connectivity index (χ0n) is 7.68. The van der Waals surface area contributed by atoms with Crippen LogP contribution in [0.4, 0.5) is 0 Å². The van der Waals surface area contributed by atoms with Gasteiger partial charge in [-0.2, -0.15) is 0 Å². The second-order valence-electron chi connectivity index (χ2n) is 1.39. The maximum atomic E-state index is 7.17. The van der Waals surface area contributed by atoms with Crippen molar-refractivity contribution in [3.05, 3.63) is 0 Å². The second-order valence-corrected chi connectivity index (χ2v) is 1.39. The van der Waals surface area contributed by atoms with Crippen molar-refractivity contribution in [2.75, 3.05) is 0 Å². The fraction of sp³-hybridized carbons (Fsp3) is 0. The van der Waals surface area contributed by atoms with Gasteiger partial charge in [-0.05, 0) is 0 Å². The Morgan fingerprint density at radius 2 is 0.294 bits per heavy atom. The summed E-state index contributed by atoms with van der Waals surface area (Å²) in [6.07, 6.45) is 0. The molecular weight excluding hydrogens is 373 g/mol. The zero-order chi connectivity index (χ0) is 14.3. The van der Waals surface area contributed by atoms with Gasteiger partial charge in [-0.1, -0.05) is 0 Å². The van der Waals surface area contributed by atoms with Crippen molar-refractivity contribution < 1.29 is 60.3 Å². The topological polar surface area (TPSA) is 243 Å². The van der Waals surface area contributed by atoms with Gasteiger partial charge in [0, 0.05) is 0 Å². The molecule has 0 aliphatic heterocycles. The molecule has 0 aromatic heterocycles. The summed E-state index contributed by atoms with van der Waals surface area (Å²) >= 11 is 0. The third-order valence-corrected chi connectivity index (χ3v) is 0. The Bertz CT molecular complexity index is 61.5. The van der Waals surface area contributed by atoms with Crippen LogP contribution in [0.2, 0.25) is 0 Å². The van der Waals surface area contributed by atoms with E-state index in [0.29, 0.717) is 0 Å². The number of hydrogen-bond acceptors (Lipinski definition) is 12. The SMILES string of the molecule is OB(O)O.OB(O)O.OB(O)O.OB(O)O.[BaH2]. The quantitative estimate of drug-likeness (QED) is 0.174. The van der Waals surface area contributed by atoms with Gasteiger partial charge in [0.2, 0.25) is 0 Å². The van der Waals surface area contributed by atoms with E-state index < -0.39 is 29.3 Å². The average molecular weight is 387 g/mol. The molecule has 100 valence electrons. The summed E-state index contributed by atoms with van der Waals surface area (Å²) in [5.74, 6) is 0. The van der Waals surface area contributed by atoms with E-state index in [9.17, 15) is 0 Å². The Hall–Kier alpha value is 1.35. The van der Waals surface area contributed by atoms with E-state index in [4.69, 9.17) is 60.3 Å². The van der Waals surface area contributed by atoms with E-state index in [-0.39, 0.29) is 48.9 Å². The van der Waals surface area contributed by atoms with Crippen molar-refractivity contribution in [2.24, 2.45) is 0 Å². The molecule has 0 fully saturated rings. The third-order valence-electron chi connectivity index (χ3n) is 0. The monoisotopic (exact) mass is 388 g/mol. The Morgan fingerprint density at radius 1 is 0.294 bits per heavy atom. The number of hydrogen-bond donors (Lipinski definition) is 12. The third kappa shape index (κ3) is 2240. The fourth-order valence-electron chi connectivity index (χ4n) is 0. The first kappa shape index (κ1) is 31.0. The van der Waals surface area contributed by atoms with Crippen molar-refractivity contribution >= 4 is 78.2 Å². The summed E-state index contributed by atoms with van der Waals surface area (Å²) in [5.41, 5.74) is 0. The molecule has 0 aliphatic carbocycles. The molecule has 0 heterocycles. The van der Waals surface area contributed by atoms with Gasteiger partial charge in [0.1, 0.15) is 0 Å². The van der Waals surface area contributed by atoms with E-state index in [0.717, 1.165) is 0 Å². The summed E-state index contributed by atoms with van der Waals surface area (Å²) in [4.78, 5) is 0. The van der Waals surface area contributed by atoms with Gasteiger partial charge in [0.25, 0.3) is 0 Å². The molecule has 0 aromatic rings. The van der Waals surface area contributed by atoms with Gasteiger partial charge < -0.3 is 60.3 Å². The van der Waals surface area contributed by atoms with Crippen molar-refractivity contribution in [1.82, 2.24) is 0 Å². The molecule has 0 aromatic carbocycles. The first-order valence-electron chi connectivity index (χ1n) is 3.10. The number of rotatable bonds is 0. The van der Waals surface area contributed by atoms with Crippen LogP contribution in [0.25, 0.3) is 0 Å². The Kier molecular flexibility index (Phi) is 47.4. The first-order valence-corrected chi connectivity index (χ1v) is 3.10. The standard InChI is InChI=1S/4BH3O3.Ba.2H/c4*2-1(3)4;;;/h4*2-4H;;;. The van der Waals surface area contributed by atoms with Crippen molar-refractivity contribution in [3.8, 4) is 0 Å². The molecule has 17 heavy (non-hydrogen) atoms. The van der Waals surface area contributed by atoms with E-state index in [1.807, 2.05) is 0 Å². The summed E-state index contributed by atoms with van der Waals surface area (Å²) in [7, 11) is -8.67. The van der Waals surface area contributed by atoms with Crippen molar-refractivity contribution in [2.45, 2.75) is 0 Å². The van der Waals surface area contributed by atoms with Crippen molar-refractivity contribution in [1.29, 1.82) is 0 Å². The minimum absolute atomic E-state index is 0. The van der Waals surface area contributed by atoms with Gasteiger partial charge in [-0.3, -0.25) is 0 Å². The van der Waals surface area contributed by atoms with Crippen LogP contribution in [0.15, 0.2) is 0 Å². The Morgan fingerprint density at radius 3 is 0.294 bits per heavy atom. The normalized spacial score (nSPS) is 6.35. The van der Waals surface area contributed by atoms with Gasteiger partial charge >= 0.3 is 78.2 Å². The summed E-state index contributed by atoms with van der Waals surface area (Å²) in [5, 5.41) is 86.0. The van der Waals surface area contributed by atoms with Crippen LogP contribution >= 0.6 is 0 Å². The van der Waals surface area contributed by atoms with Crippen LogP contribution in [-0.4, -0.2) is 138 Å². The van der Waals surface area contributed by atoms with Gasteiger partial charge in [-0.25, -0.2) is 0 Å². The molecule has 12 N–H and O–H groups in total. The molecule has 0 saturated carbocycles. The molecule has 0 spiro atoms. The van der Waals surface area contributed by atoms with Crippen LogP contribution in [0.3, 0.4) is 0 Å². The van der Waals surface area contributed by atoms with Crippen LogP contribution < -0.4 is 0 Å². The molecule has 12 nitrogen and oxygen atoms in total. The minimum atomic E-state index is -2.17. The summed E-state index contributed by atoms with van der Waals surface area (Å²) in [6.45, 7) is 0. The molecule has 0 rings (SSSR count). The van der Waals surface area contributed by atoms with Crippen LogP contribution in [0, 0.1) is 0 Å². The Balaban J connectivity index is -0.0000000369. The van der Waals surface area contributed by atoms with Gasteiger partial charge in [0.15, 0.2) is 0 Å². The summed E-state index contributed by atoms with van der Waals surface area (Å²) in [6, 6.07) is 0. The van der Waals surface area contributed by atoms with Gasteiger partial charge in [-0.15, -0.1) is 0 Å². The predicted octanol–water partition coefficient (Wildman–Crippen LogP) is -9.12. The van der Waals surface area contributed by atoms with E-state index in [2.05, 4.69) is 0 Å². The molecule has 0 amide bonds. The fourth-order valence-corrected chi connectivity index (χ4v) is 0. The summed E-state index contributed by atoms with van der Waals surface area (Å²) < 4.78 is 0.